The van der Waals surface area contributed by atoms with Crippen molar-refractivity contribution in [3.8, 4) is 0 Å². The number of rotatable bonds is 0. The molecule has 0 spiro atoms. The first kappa shape index (κ1) is 35.8. The Labute approximate surface area is 81.4 Å². The summed E-state index contributed by atoms with van der Waals surface area (Å²) in [7, 11) is 0. The summed E-state index contributed by atoms with van der Waals surface area (Å²) in [5.74, 6) is 0. The molecule has 0 aliphatic heterocycles. The average molecular weight is 229 g/mol. The molecule has 0 aromatic heterocycles. The molecule has 0 aliphatic rings. The molecular weight excluding hydrogens is 222 g/mol. The Morgan fingerprint density at radius 2 is 1.00 bits per heavy atom. The van der Waals surface area contributed by atoms with Crippen LogP contribution in [0.2, 0.25) is 0 Å². The molecule has 3 N–H and O–H groups in total. The minimum absolute atomic E-state index is 0. The fourth-order valence-electron chi connectivity index (χ4n) is 0. The summed E-state index contributed by atoms with van der Waals surface area (Å²) in [6.45, 7) is 0. The number of hydrogen-bond acceptors (Lipinski definition) is 1. The molecule has 4 heteroatoms. The Hall–Kier alpha value is 2.11. The van der Waals surface area contributed by atoms with Gasteiger partial charge >= 0.3 is 48.9 Å². The van der Waals surface area contributed by atoms with Gasteiger partial charge in [-0.1, -0.05) is 0 Å². The maximum absolute atomic E-state index is 0. The maximum Gasteiger partial charge on any atom is 2.00 e. The van der Waals surface area contributed by atoms with Crippen LogP contribution in [-0.2, 0) is 0 Å². The molecule has 0 unspecified atom stereocenters. The Balaban J connectivity index is 0. The predicted molar refractivity (Wildman–Crippen MR) is 27.5 cm³/mol. The molecule has 0 aliphatic carbocycles. The van der Waals surface area contributed by atoms with Crippen molar-refractivity contribution in [2.24, 2.45) is 0 Å². The molecule has 0 bridgehead atoms. The van der Waals surface area contributed by atoms with Crippen LogP contribution in [0.1, 0.15) is 2.85 Å². The van der Waals surface area contributed by atoms with Crippen LogP contribution in [0.5, 0.6) is 0 Å². The van der Waals surface area contributed by atoms with E-state index in [1.54, 1.807) is 0 Å². The van der Waals surface area contributed by atoms with Crippen LogP contribution in [-0.4, -0.2) is 48.9 Å². The van der Waals surface area contributed by atoms with E-state index in [9.17, 15) is 0 Å². The van der Waals surface area contributed by atoms with E-state index in [2.05, 4.69) is 0 Å². The van der Waals surface area contributed by atoms with Crippen LogP contribution in [0.15, 0.2) is 0 Å². The second-order valence-corrected chi connectivity index (χ2v) is 0. The van der Waals surface area contributed by atoms with Gasteiger partial charge in [0.05, 0.1) is 0 Å². The van der Waals surface area contributed by atoms with Crippen molar-refractivity contribution >= 4 is 73.7 Å². The van der Waals surface area contributed by atoms with Crippen LogP contribution >= 0.6 is 24.8 Å². The Morgan fingerprint density at radius 1 is 1.00 bits per heavy atom. The van der Waals surface area contributed by atoms with Gasteiger partial charge in [-0.3, -0.25) is 0 Å². The minimum atomic E-state index is 0. The van der Waals surface area contributed by atoms with Gasteiger partial charge in [-0.15, -0.1) is 24.8 Å². The monoisotopic (exact) mass is 229 g/mol. The number of hydrogen-bond donors (Lipinski definition) is 1. The van der Waals surface area contributed by atoms with Crippen LogP contribution in [0.4, 0.5) is 0 Å². The first-order chi connectivity index (χ1) is 0. The van der Waals surface area contributed by atoms with E-state index in [4.69, 9.17) is 0 Å². The predicted octanol–water partition coefficient (Wildman–Crippen LogP) is 0.850. The zero-order valence-electron chi connectivity index (χ0n) is 4.23. The van der Waals surface area contributed by atoms with E-state index in [-0.39, 0.29) is 82.7 Å². The zero-order valence-corrected chi connectivity index (χ0v) is 8.30. The van der Waals surface area contributed by atoms with E-state index in [1.165, 1.54) is 0 Å². The molecule has 0 rings (SSSR count). The zero-order chi connectivity index (χ0) is 0. The Morgan fingerprint density at radius 3 is 1.00 bits per heavy atom. The minimum Gasteiger partial charge on any atom is -1.00 e. The SMILES string of the molecule is Cl.Cl.N.[Ba+2].[H-].[H-]. The maximum atomic E-state index is 0. The van der Waals surface area contributed by atoms with E-state index in [0.29, 0.717) is 0 Å². The van der Waals surface area contributed by atoms with E-state index in [0.717, 1.165) is 0 Å². The summed E-state index contributed by atoms with van der Waals surface area (Å²) in [6.07, 6.45) is 0. The first-order valence-corrected chi connectivity index (χ1v) is 0. The third-order valence-electron chi connectivity index (χ3n) is 0. The molecule has 4 heavy (non-hydrogen) atoms. The van der Waals surface area contributed by atoms with E-state index >= 15 is 0 Å². The molecule has 0 saturated heterocycles. The molecule has 0 amide bonds. The average Bonchev–Trinajstić information content (AvgIpc) is 0. The van der Waals surface area contributed by atoms with Crippen LogP contribution in [0.25, 0.3) is 0 Å². The fourth-order valence-corrected chi connectivity index (χ4v) is 0. The first-order valence-electron chi connectivity index (χ1n) is 0. The van der Waals surface area contributed by atoms with Gasteiger partial charge in [0.1, 0.15) is 0 Å². The molecule has 0 radical (unpaired) electrons. The van der Waals surface area contributed by atoms with Crippen molar-refractivity contribution in [2.45, 2.75) is 0 Å². The molecule has 0 heterocycles. The molecule has 1 nitrogen and oxygen atoms in total. The van der Waals surface area contributed by atoms with Gasteiger partial charge in [0.25, 0.3) is 0 Å². The molecule has 28 valence electrons. The van der Waals surface area contributed by atoms with Crippen molar-refractivity contribution in [1.82, 2.24) is 6.15 Å². The van der Waals surface area contributed by atoms with E-state index in [1.807, 2.05) is 0 Å². The van der Waals surface area contributed by atoms with Gasteiger partial charge in [-0.05, 0) is 0 Å². The van der Waals surface area contributed by atoms with E-state index < -0.39 is 0 Å². The van der Waals surface area contributed by atoms with Gasteiger partial charge in [0.2, 0.25) is 0 Å². The van der Waals surface area contributed by atoms with Crippen molar-refractivity contribution in [3.05, 3.63) is 0 Å². The fraction of sp³-hybridized carbons (Fsp3) is 0. The summed E-state index contributed by atoms with van der Waals surface area (Å²) in [5.41, 5.74) is 0. The standard InChI is InChI=1S/Ba.2ClH.H3N.2H/h;2*1H;1H3;;/q+2;;;;2*-1. The van der Waals surface area contributed by atoms with Crippen molar-refractivity contribution in [2.75, 3.05) is 0 Å². The summed E-state index contributed by atoms with van der Waals surface area (Å²) < 4.78 is 0. The number of halogens is 2. The van der Waals surface area contributed by atoms with Crippen LogP contribution in [0.3, 0.4) is 0 Å². The van der Waals surface area contributed by atoms with Gasteiger partial charge in [-0.2, -0.15) is 0 Å². The molecule has 0 atom stereocenters. The van der Waals surface area contributed by atoms with Gasteiger partial charge in [0, 0.05) is 0 Å². The van der Waals surface area contributed by atoms with Crippen LogP contribution in [0, 0.1) is 0 Å². The Kier molecular flexibility index (Phi) is 174. The van der Waals surface area contributed by atoms with Gasteiger partial charge in [-0.25, -0.2) is 0 Å². The largest absolute Gasteiger partial charge is 2.00 e. The van der Waals surface area contributed by atoms with Gasteiger partial charge in [0.15, 0.2) is 0 Å². The molecule has 0 saturated carbocycles. The third-order valence-corrected chi connectivity index (χ3v) is 0. The van der Waals surface area contributed by atoms with Crippen molar-refractivity contribution in [3.63, 3.8) is 0 Å². The Bertz CT molecular complexity index is 11.5. The molecule has 0 aromatic rings. The normalized spacial score (nSPS) is 0. The van der Waals surface area contributed by atoms with Crippen LogP contribution < -0.4 is 6.15 Å². The topological polar surface area (TPSA) is 35.0 Å². The third kappa shape index (κ3) is 8.93. The quantitative estimate of drug-likeness (QED) is 0.614. The molecule has 0 fully saturated rings. The summed E-state index contributed by atoms with van der Waals surface area (Å²) >= 11 is 0. The molecular formula is H7BaCl2N. The summed E-state index contributed by atoms with van der Waals surface area (Å²) in [5, 5.41) is 0. The second-order valence-electron chi connectivity index (χ2n) is 0. The smallest absolute Gasteiger partial charge is 1.00 e. The second kappa shape index (κ2) is 19.4. The summed E-state index contributed by atoms with van der Waals surface area (Å²) in [6, 6.07) is 0. The van der Waals surface area contributed by atoms with Crippen molar-refractivity contribution < 1.29 is 2.85 Å². The van der Waals surface area contributed by atoms with Gasteiger partial charge < -0.3 is 9.00 Å². The van der Waals surface area contributed by atoms with Crippen molar-refractivity contribution in [1.29, 1.82) is 0 Å². The molecule has 0 aromatic carbocycles. The summed E-state index contributed by atoms with van der Waals surface area (Å²) in [4.78, 5) is 0.